The first-order chi connectivity index (χ1) is 6.70. The number of hydrogen-bond acceptors (Lipinski definition) is 2. The molecule has 0 heterocycles. The highest BCUT2D eigenvalue weighted by Gasteiger charge is 2.36. The van der Waals surface area contributed by atoms with E-state index in [0.29, 0.717) is 0 Å². The van der Waals surface area contributed by atoms with Crippen LogP contribution in [0.1, 0.15) is 20.8 Å². The highest BCUT2D eigenvalue weighted by atomic mass is 32.2. The third-order valence-corrected chi connectivity index (χ3v) is 3.24. The molecule has 15 heavy (non-hydrogen) atoms. The van der Waals surface area contributed by atoms with Crippen molar-refractivity contribution in [3.63, 3.8) is 0 Å². The van der Waals surface area contributed by atoms with E-state index in [-0.39, 0.29) is 0 Å². The Hall–Kier alpha value is -0.200. The maximum Gasteiger partial charge on any atom is 0.261 e. The lowest BCUT2D eigenvalue weighted by atomic mass is 10.2. The van der Waals surface area contributed by atoms with Crippen LogP contribution < -0.4 is 4.72 Å². The molecule has 1 N–H and O–H groups in total. The van der Waals surface area contributed by atoms with Gasteiger partial charge in [0.1, 0.15) is 17.0 Å². The first-order valence-electron chi connectivity index (χ1n) is 4.43. The van der Waals surface area contributed by atoms with Crippen molar-refractivity contribution < 1.29 is 17.7 Å². The lowest BCUT2D eigenvalue weighted by molar-refractivity contribution is 0.0787. The highest BCUT2D eigenvalue weighted by Crippen LogP contribution is 2.18. The third kappa shape index (κ3) is 4.90. The van der Waals surface area contributed by atoms with Gasteiger partial charge in [-0.2, -0.15) is 0 Å². The molecular weight excluding hydrogens is 227 g/mol. The Morgan fingerprint density at radius 3 is 2.07 bits per heavy atom. The summed E-state index contributed by atoms with van der Waals surface area (Å²) >= 11 is -1.73. The molecule has 0 aromatic heterocycles. The Morgan fingerprint density at radius 1 is 1.33 bits per heavy atom. The first kappa shape index (κ1) is 14.8. The van der Waals surface area contributed by atoms with Gasteiger partial charge in [0.25, 0.3) is 6.43 Å². The van der Waals surface area contributed by atoms with Crippen LogP contribution in [0.2, 0.25) is 0 Å². The Balaban J connectivity index is 4.49. The monoisotopic (exact) mass is 243 g/mol. The smallest absolute Gasteiger partial charge is 0.261 e. The minimum Gasteiger partial charge on any atom is -0.598 e. The minimum absolute atomic E-state index is 0.714. The molecule has 3 unspecified atom stereocenters. The van der Waals surface area contributed by atoms with Crippen molar-refractivity contribution in [2.24, 2.45) is 0 Å². The molecule has 0 aromatic carbocycles. The summed E-state index contributed by atoms with van der Waals surface area (Å²) in [6.07, 6.45) is -4.08. The molecule has 0 bridgehead atoms. The largest absolute Gasteiger partial charge is 0.598 e. The van der Waals surface area contributed by atoms with Gasteiger partial charge in [-0.25, -0.2) is 13.2 Å². The molecule has 6 heteroatoms. The second-order valence-electron chi connectivity index (χ2n) is 4.04. The van der Waals surface area contributed by atoms with Crippen molar-refractivity contribution in [3.05, 3.63) is 12.7 Å². The standard InChI is InChI=1S/C9H16F3NOS/c1-5-6(10)7(8(11)12)13-15(14)9(2,3)4/h5-8,13H,1H2,2-4H3. The van der Waals surface area contributed by atoms with E-state index < -0.39 is 34.7 Å². The minimum atomic E-state index is -2.93. The molecule has 0 amide bonds. The SMILES string of the molecule is C=CC(F)C(N[S+]([O-])C(C)(C)C)C(F)F. The third-order valence-electron chi connectivity index (χ3n) is 1.64. The van der Waals surface area contributed by atoms with Gasteiger partial charge in [0.15, 0.2) is 0 Å². The van der Waals surface area contributed by atoms with E-state index in [2.05, 4.69) is 11.3 Å². The Kier molecular flexibility index (Phi) is 5.69. The number of rotatable bonds is 5. The van der Waals surface area contributed by atoms with Gasteiger partial charge in [0.05, 0.1) is 0 Å². The number of halogens is 3. The van der Waals surface area contributed by atoms with E-state index in [1.807, 2.05) is 0 Å². The lowest BCUT2D eigenvalue weighted by Gasteiger charge is -2.28. The van der Waals surface area contributed by atoms with E-state index in [9.17, 15) is 17.7 Å². The first-order valence-corrected chi connectivity index (χ1v) is 5.58. The van der Waals surface area contributed by atoms with Gasteiger partial charge in [-0.1, -0.05) is 6.08 Å². The van der Waals surface area contributed by atoms with E-state index in [1.165, 1.54) is 0 Å². The summed E-state index contributed by atoms with van der Waals surface area (Å²) in [6, 6.07) is -1.78. The summed E-state index contributed by atoms with van der Waals surface area (Å²) in [5.74, 6) is 0. The van der Waals surface area contributed by atoms with Crippen LogP contribution in [0.5, 0.6) is 0 Å². The van der Waals surface area contributed by atoms with Crippen LogP contribution in [0.15, 0.2) is 12.7 Å². The van der Waals surface area contributed by atoms with Crippen molar-refractivity contribution in [2.45, 2.75) is 44.2 Å². The maximum atomic E-state index is 13.0. The van der Waals surface area contributed by atoms with Crippen LogP contribution in [0.4, 0.5) is 13.2 Å². The molecule has 0 aliphatic heterocycles. The molecule has 90 valence electrons. The fourth-order valence-electron chi connectivity index (χ4n) is 0.702. The summed E-state index contributed by atoms with van der Waals surface area (Å²) < 4.78 is 50.6. The van der Waals surface area contributed by atoms with E-state index >= 15 is 0 Å². The van der Waals surface area contributed by atoms with Gasteiger partial charge in [-0.05, 0) is 20.8 Å². The molecule has 0 radical (unpaired) electrons. The molecule has 0 spiro atoms. The highest BCUT2D eigenvalue weighted by molar-refractivity contribution is 7.90. The molecule has 0 fully saturated rings. The Morgan fingerprint density at radius 2 is 1.80 bits per heavy atom. The molecule has 0 rings (SSSR count). The quantitative estimate of drug-likeness (QED) is 0.593. The summed E-state index contributed by atoms with van der Waals surface area (Å²) in [5, 5.41) is 0. The number of hydrogen-bond donors (Lipinski definition) is 1. The lowest BCUT2D eigenvalue weighted by Crippen LogP contribution is -2.51. The van der Waals surface area contributed by atoms with E-state index in [4.69, 9.17) is 0 Å². The predicted octanol–water partition coefficient (Wildman–Crippen LogP) is 2.20. The topological polar surface area (TPSA) is 35.1 Å². The van der Waals surface area contributed by atoms with Crippen LogP contribution in [0.3, 0.4) is 0 Å². The fraction of sp³-hybridized carbons (Fsp3) is 0.778. The molecule has 0 aliphatic carbocycles. The fourth-order valence-corrected chi connectivity index (χ4v) is 1.54. The van der Waals surface area contributed by atoms with Gasteiger partial charge in [-0.15, -0.1) is 11.3 Å². The summed E-state index contributed by atoms with van der Waals surface area (Å²) in [4.78, 5) is 0. The second kappa shape index (κ2) is 5.77. The molecular formula is C9H16F3NOS. The van der Waals surface area contributed by atoms with Gasteiger partial charge >= 0.3 is 0 Å². The molecule has 2 nitrogen and oxygen atoms in total. The average molecular weight is 243 g/mol. The van der Waals surface area contributed by atoms with Crippen LogP contribution >= 0.6 is 0 Å². The van der Waals surface area contributed by atoms with Crippen molar-refractivity contribution >= 4 is 11.4 Å². The Labute approximate surface area is 91.2 Å². The van der Waals surface area contributed by atoms with Crippen LogP contribution in [0.25, 0.3) is 0 Å². The van der Waals surface area contributed by atoms with Gasteiger partial charge in [0, 0.05) is 11.4 Å². The number of alkyl halides is 3. The normalized spacial score (nSPS) is 18.7. The van der Waals surface area contributed by atoms with Crippen molar-refractivity contribution in [1.29, 1.82) is 0 Å². The van der Waals surface area contributed by atoms with Crippen molar-refractivity contribution in [2.75, 3.05) is 0 Å². The van der Waals surface area contributed by atoms with E-state index in [1.54, 1.807) is 20.8 Å². The second-order valence-corrected chi connectivity index (χ2v) is 6.04. The molecule has 0 saturated carbocycles. The van der Waals surface area contributed by atoms with Crippen LogP contribution in [0, 0.1) is 0 Å². The Bertz CT molecular complexity index is 208. The zero-order valence-corrected chi connectivity index (χ0v) is 9.78. The molecule has 0 aliphatic rings. The van der Waals surface area contributed by atoms with Gasteiger partial charge in [0.2, 0.25) is 0 Å². The van der Waals surface area contributed by atoms with Gasteiger partial charge < -0.3 is 4.55 Å². The van der Waals surface area contributed by atoms with Gasteiger partial charge in [-0.3, -0.25) is 0 Å². The maximum absolute atomic E-state index is 13.0. The summed E-state index contributed by atoms with van der Waals surface area (Å²) in [5.41, 5.74) is 0. The van der Waals surface area contributed by atoms with Crippen molar-refractivity contribution in [1.82, 2.24) is 4.72 Å². The average Bonchev–Trinajstić information content (AvgIpc) is 2.10. The molecule has 0 aromatic rings. The number of nitrogens with one attached hydrogen (secondary N) is 1. The summed E-state index contributed by atoms with van der Waals surface area (Å²) in [7, 11) is 0. The molecule has 3 atom stereocenters. The van der Waals surface area contributed by atoms with Crippen LogP contribution in [-0.2, 0) is 11.4 Å². The van der Waals surface area contributed by atoms with Crippen molar-refractivity contribution in [3.8, 4) is 0 Å². The van der Waals surface area contributed by atoms with Crippen LogP contribution in [-0.4, -0.2) is 27.9 Å². The zero-order chi connectivity index (χ0) is 12.2. The summed E-state index contributed by atoms with van der Waals surface area (Å²) in [6.45, 7) is 7.92. The molecule has 0 saturated heterocycles. The van der Waals surface area contributed by atoms with E-state index in [0.717, 1.165) is 6.08 Å². The zero-order valence-electron chi connectivity index (χ0n) is 8.97. The predicted molar refractivity (Wildman–Crippen MR) is 55.9 cm³/mol.